The summed E-state index contributed by atoms with van der Waals surface area (Å²) in [6.07, 6.45) is -1.26. The first-order valence-electron chi connectivity index (χ1n) is 5.95. The molecular weight excluding hydrogens is 305 g/mol. The third-order valence-corrected chi connectivity index (χ3v) is 2.89. The molecule has 0 aliphatic carbocycles. The van der Waals surface area contributed by atoms with E-state index in [0.29, 0.717) is 5.56 Å². The van der Waals surface area contributed by atoms with Gasteiger partial charge >= 0.3 is 5.97 Å². The number of nitrogens with one attached hydrogen (secondary N) is 1. The molecular formula is C13H15Cl2NO4. The van der Waals surface area contributed by atoms with Crippen molar-refractivity contribution in [3.8, 4) is 0 Å². The molecule has 2 atom stereocenters. The van der Waals surface area contributed by atoms with E-state index in [1.54, 1.807) is 37.3 Å². The Labute approximate surface area is 126 Å². The number of aliphatic hydroxyl groups is 1. The number of hydrogen-bond donors (Lipinski definition) is 2. The van der Waals surface area contributed by atoms with Crippen LogP contribution in [0.25, 0.3) is 0 Å². The highest BCUT2D eigenvalue weighted by molar-refractivity contribution is 6.53. The van der Waals surface area contributed by atoms with E-state index in [-0.39, 0.29) is 6.61 Å². The summed E-state index contributed by atoms with van der Waals surface area (Å²) < 4.78 is 4.83. The van der Waals surface area contributed by atoms with Gasteiger partial charge in [0, 0.05) is 0 Å². The Kier molecular flexibility index (Phi) is 6.78. The Morgan fingerprint density at radius 1 is 1.30 bits per heavy atom. The van der Waals surface area contributed by atoms with Crippen molar-refractivity contribution in [3.63, 3.8) is 0 Å². The second-order valence-electron chi connectivity index (χ2n) is 3.89. The summed E-state index contributed by atoms with van der Waals surface area (Å²) >= 11 is 10.8. The molecule has 0 spiro atoms. The topological polar surface area (TPSA) is 75.6 Å². The first kappa shape index (κ1) is 16.8. The van der Waals surface area contributed by atoms with Crippen molar-refractivity contribution in [2.45, 2.75) is 23.9 Å². The van der Waals surface area contributed by atoms with Gasteiger partial charge in [0.25, 0.3) is 5.91 Å². The fourth-order valence-electron chi connectivity index (χ4n) is 1.56. The fourth-order valence-corrected chi connectivity index (χ4v) is 1.68. The van der Waals surface area contributed by atoms with E-state index in [9.17, 15) is 14.7 Å². The van der Waals surface area contributed by atoms with Gasteiger partial charge in [-0.2, -0.15) is 0 Å². The highest BCUT2D eigenvalue weighted by atomic mass is 35.5. The third-order valence-electron chi connectivity index (χ3n) is 2.49. The van der Waals surface area contributed by atoms with Crippen LogP contribution >= 0.6 is 23.2 Å². The number of aliphatic hydroxyl groups excluding tert-OH is 1. The van der Waals surface area contributed by atoms with E-state index >= 15 is 0 Å². The first-order valence-corrected chi connectivity index (χ1v) is 6.82. The van der Waals surface area contributed by atoms with Gasteiger partial charge in [0.1, 0.15) is 6.10 Å². The number of ether oxygens (including phenoxy) is 1. The Balaban J connectivity index is 2.92. The average molecular weight is 320 g/mol. The summed E-state index contributed by atoms with van der Waals surface area (Å²) in [4.78, 5) is 22.0. The Morgan fingerprint density at radius 2 is 1.90 bits per heavy atom. The smallest absolute Gasteiger partial charge is 0.331 e. The monoisotopic (exact) mass is 319 g/mol. The summed E-state index contributed by atoms with van der Waals surface area (Å²) in [5.74, 6) is -1.53. The molecule has 0 bridgehead atoms. The van der Waals surface area contributed by atoms with Gasteiger partial charge < -0.3 is 15.2 Å². The van der Waals surface area contributed by atoms with Gasteiger partial charge in [0.15, 0.2) is 10.9 Å². The zero-order chi connectivity index (χ0) is 15.1. The second kappa shape index (κ2) is 8.09. The highest BCUT2D eigenvalue weighted by Gasteiger charge is 2.32. The summed E-state index contributed by atoms with van der Waals surface area (Å²) in [7, 11) is 0. The molecule has 0 saturated heterocycles. The van der Waals surface area contributed by atoms with E-state index in [4.69, 9.17) is 27.9 Å². The fraction of sp³-hybridized carbons (Fsp3) is 0.385. The molecule has 20 heavy (non-hydrogen) atoms. The maximum atomic E-state index is 11.8. The minimum Gasteiger partial charge on any atom is -0.464 e. The van der Waals surface area contributed by atoms with Crippen molar-refractivity contribution in [2.24, 2.45) is 0 Å². The Hall–Kier alpha value is -1.30. The van der Waals surface area contributed by atoms with Crippen LogP contribution in [0.4, 0.5) is 0 Å². The molecule has 0 fully saturated rings. The van der Waals surface area contributed by atoms with Crippen LogP contribution in [0.1, 0.15) is 18.6 Å². The van der Waals surface area contributed by atoms with Crippen LogP contribution in [0.2, 0.25) is 0 Å². The quantitative estimate of drug-likeness (QED) is 0.616. The third kappa shape index (κ3) is 4.67. The number of halogens is 2. The van der Waals surface area contributed by atoms with Gasteiger partial charge in [0.2, 0.25) is 0 Å². The Morgan fingerprint density at radius 3 is 2.40 bits per heavy atom. The minimum atomic E-state index is -1.34. The van der Waals surface area contributed by atoms with Crippen LogP contribution in [0.3, 0.4) is 0 Å². The number of esters is 1. The van der Waals surface area contributed by atoms with Crippen LogP contribution in [0.15, 0.2) is 30.3 Å². The maximum absolute atomic E-state index is 11.8. The molecule has 0 saturated carbocycles. The SMILES string of the molecule is CCOC(=O)[C@H](NC(=O)C(Cl)Cl)[C@@H](O)c1ccccc1. The Bertz CT molecular complexity index is 453. The van der Waals surface area contributed by atoms with E-state index < -0.39 is 28.9 Å². The highest BCUT2D eigenvalue weighted by Crippen LogP contribution is 2.18. The molecule has 1 rings (SSSR count). The molecule has 1 aromatic carbocycles. The number of carbonyl (C=O) groups excluding carboxylic acids is 2. The van der Waals surface area contributed by atoms with Gasteiger partial charge in [-0.3, -0.25) is 4.79 Å². The van der Waals surface area contributed by atoms with Crippen LogP contribution in [0, 0.1) is 0 Å². The molecule has 1 amide bonds. The van der Waals surface area contributed by atoms with Gasteiger partial charge in [-0.15, -0.1) is 0 Å². The zero-order valence-electron chi connectivity index (χ0n) is 10.8. The molecule has 0 unspecified atom stereocenters. The number of amides is 1. The lowest BCUT2D eigenvalue weighted by atomic mass is 10.0. The number of alkyl halides is 2. The van der Waals surface area contributed by atoms with Crippen molar-refractivity contribution in [3.05, 3.63) is 35.9 Å². The predicted octanol–water partition coefficient (Wildman–Crippen LogP) is 1.57. The van der Waals surface area contributed by atoms with Crippen molar-refractivity contribution >= 4 is 35.1 Å². The van der Waals surface area contributed by atoms with Crippen molar-refractivity contribution in [2.75, 3.05) is 6.61 Å². The minimum absolute atomic E-state index is 0.123. The number of carbonyl (C=O) groups is 2. The van der Waals surface area contributed by atoms with E-state index in [0.717, 1.165) is 0 Å². The maximum Gasteiger partial charge on any atom is 0.331 e. The predicted molar refractivity (Wildman–Crippen MR) is 75.5 cm³/mol. The van der Waals surface area contributed by atoms with E-state index in [2.05, 4.69) is 5.32 Å². The van der Waals surface area contributed by atoms with Gasteiger partial charge in [0.05, 0.1) is 6.61 Å². The second-order valence-corrected chi connectivity index (χ2v) is 4.99. The summed E-state index contributed by atoms with van der Waals surface area (Å²) in [5.41, 5.74) is 0.464. The van der Waals surface area contributed by atoms with Gasteiger partial charge in [-0.1, -0.05) is 53.5 Å². The first-order chi connectivity index (χ1) is 9.47. The normalized spacial score (nSPS) is 13.7. The van der Waals surface area contributed by atoms with E-state index in [1.165, 1.54) is 0 Å². The van der Waals surface area contributed by atoms with Gasteiger partial charge in [-0.25, -0.2) is 4.79 Å². The molecule has 5 nitrogen and oxygen atoms in total. The van der Waals surface area contributed by atoms with Crippen LogP contribution < -0.4 is 5.32 Å². The summed E-state index contributed by atoms with van der Waals surface area (Å²) in [6, 6.07) is 7.15. The number of rotatable bonds is 6. The van der Waals surface area contributed by atoms with Crippen LogP contribution in [-0.4, -0.2) is 34.5 Å². The van der Waals surface area contributed by atoms with Crippen LogP contribution in [-0.2, 0) is 14.3 Å². The lowest BCUT2D eigenvalue weighted by Gasteiger charge is -2.23. The molecule has 0 aliphatic heterocycles. The lowest BCUT2D eigenvalue weighted by Crippen LogP contribution is -2.47. The number of hydrogen-bond acceptors (Lipinski definition) is 4. The summed E-state index contributed by atoms with van der Waals surface area (Å²) in [6.45, 7) is 1.75. The molecule has 2 N–H and O–H groups in total. The van der Waals surface area contributed by atoms with Gasteiger partial charge in [-0.05, 0) is 12.5 Å². The van der Waals surface area contributed by atoms with Crippen molar-refractivity contribution in [1.82, 2.24) is 5.32 Å². The summed E-state index contributed by atoms with van der Waals surface area (Å²) in [5, 5.41) is 12.5. The molecule has 0 radical (unpaired) electrons. The van der Waals surface area contributed by atoms with Crippen LogP contribution in [0.5, 0.6) is 0 Å². The van der Waals surface area contributed by atoms with Crippen molar-refractivity contribution < 1.29 is 19.4 Å². The molecule has 110 valence electrons. The largest absolute Gasteiger partial charge is 0.464 e. The van der Waals surface area contributed by atoms with E-state index in [1.807, 2.05) is 0 Å². The molecule has 0 aromatic heterocycles. The molecule has 0 heterocycles. The standard InChI is InChI=1S/C13H15Cl2NO4/c1-2-20-13(19)9(16-12(18)11(14)15)10(17)8-6-4-3-5-7-8/h3-7,9-11,17H,2H2,1H3,(H,16,18)/t9-,10+/m1/s1. The molecule has 1 aromatic rings. The lowest BCUT2D eigenvalue weighted by molar-refractivity contribution is -0.150. The molecule has 0 aliphatic rings. The van der Waals surface area contributed by atoms with Crippen molar-refractivity contribution in [1.29, 1.82) is 0 Å². The number of benzene rings is 1. The zero-order valence-corrected chi connectivity index (χ0v) is 12.3. The average Bonchev–Trinajstić information content (AvgIpc) is 2.44. The molecule has 7 heteroatoms.